The maximum Gasteiger partial charge on any atom is 0.240 e. The quantitative estimate of drug-likeness (QED) is 0.597. The molecule has 1 N–H and O–H groups in total. The van der Waals surface area contributed by atoms with Crippen LogP contribution in [-0.4, -0.2) is 30.4 Å². The number of para-hydroxylation sites is 2. The number of carbonyl (C=O) groups is 1. The minimum absolute atomic E-state index is 0.0892. The van der Waals surface area contributed by atoms with Gasteiger partial charge in [-0.2, -0.15) is 0 Å². The van der Waals surface area contributed by atoms with Crippen LogP contribution in [0, 0.1) is 0 Å². The molecule has 0 fully saturated rings. The van der Waals surface area contributed by atoms with E-state index in [4.69, 9.17) is 0 Å². The predicted octanol–water partition coefficient (Wildman–Crippen LogP) is 2.27. The van der Waals surface area contributed by atoms with Crippen LogP contribution in [0.3, 0.4) is 0 Å². The van der Waals surface area contributed by atoms with Gasteiger partial charge >= 0.3 is 0 Å². The third-order valence-corrected chi connectivity index (χ3v) is 4.50. The maximum absolute atomic E-state index is 12.2. The second-order valence-corrected chi connectivity index (χ2v) is 6.21. The molecule has 0 aliphatic heterocycles. The van der Waals surface area contributed by atoms with Crippen molar-refractivity contribution in [1.29, 1.82) is 0 Å². The van der Waals surface area contributed by atoms with E-state index in [2.05, 4.69) is 25.3 Å². The Kier molecular flexibility index (Phi) is 4.17. The van der Waals surface area contributed by atoms with Crippen molar-refractivity contribution in [3.05, 3.63) is 60.1 Å². The highest BCUT2D eigenvalue weighted by Crippen LogP contribution is 2.19. The molecule has 3 aromatic heterocycles. The number of rotatable bonds is 5. The van der Waals surface area contributed by atoms with Crippen molar-refractivity contribution in [3.63, 3.8) is 0 Å². The van der Waals surface area contributed by atoms with Gasteiger partial charge in [0.2, 0.25) is 5.91 Å². The standard InChI is InChI=1S/C17H14N6OS/c24-15(9-23-11-21-13-4-1-2-5-14(13)23)20-8-12-10-25-17(22-12)16-18-6-3-7-19-16/h1-7,10-11H,8-9H2,(H,20,24). The fraction of sp³-hybridized carbons (Fsp3) is 0.118. The van der Waals surface area contributed by atoms with Gasteiger partial charge in [0.25, 0.3) is 0 Å². The summed E-state index contributed by atoms with van der Waals surface area (Å²) in [5, 5.41) is 5.53. The summed E-state index contributed by atoms with van der Waals surface area (Å²) in [6, 6.07) is 9.49. The molecule has 8 heteroatoms. The molecule has 0 aliphatic rings. The summed E-state index contributed by atoms with van der Waals surface area (Å²) in [5.41, 5.74) is 2.61. The number of fused-ring (bicyclic) bond motifs is 1. The Morgan fingerprint density at radius 3 is 2.84 bits per heavy atom. The molecule has 1 amide bonds. The first kappa shape index (κ1) is 15.4. The Hall–Kier alpha value is -3.13. The number of benzene rings is 1. The molecule has 0 atom stereocenters. The first-order valence-electron chi connectivity index (χ1n) is 7.68. The van der Waals surface area contributed by atoms with E-state index in [1.807, 2.05) is 34.2 Å². The Balaban J connectivity index is 1.38. The summed E-state index contributed by atoms with van der Waals surface area (Å²) >= 11 is 1.46. The van der Waals surface area contributed by atoms with Gasteiger partial charge in [0.1, 0.15) is 6.54 Å². The van der Waals surface area contributed by atoms with Gasteiger partial charge in [-0.1, -0.05) is 12.1 Å². The second kappa shape index (κ2) is 6.78. The van der Waals surface area contributed by atoms with E-state index < -0.39 is 0 Å². The highest BCUT2D eigenvalue weighted by Gasteiger charge is 2.10. The summed E-state index contributed by atoms with van der Waals surface area (Å²) in [6.45, 7) is 0.591. The molecule has 0 radical (unpaired) electrons. The molecule has 0 unspecified atom stereocenters. The zero-order chi connectivity index (χ0) is 17.1. The zero-order valence-corrected chi connectivity index (χ0v) is 14.0. The number of imidazole rings is 1. The van der Waals surface area contributed by atoms with Crippen molar-refractivity contribution in [3.8, 4) is 10.8 Å². The van der Waals surface area contributed by atoms with Crippen molar-refractivity contribution in [2.45, 2.75) is 13.1 Å². The molecule has 0 saturated heterocycles. The van der Waals surface area contributed by atoms with Crippen LogP contribution in [0.2, 0.25) is 0 Å². The van der Waals surface area contributed by atoms with Gasteiger partial charge < -0.3 is 9.88 Å². The van der Waals surface area contributed by atoms with Crippen LogP contribution in [0.4, 0.5) is 0 Å². The van der Waals surface area contributed by atoms with E-state index in [1.54, 1.807) is 24.8 Å². The van der Waals surface area contributed by atoms with Crippen LogP contribution in [0.5, 0.6) is 0 Å². The Labute approximate surface area is 147 Å². The number of nitrogens with one attached hydrogen (secondary N) is 1. The number of nitrogens with zero attached hydrogens (tertiary/aromatic N) is 5. The number of amides is 1. The van der Waals surface area contributed by atoms with E-state index in [0.29, 0.717) is 12.4 Å². The van der Waals surface area contributed by atoms with Crippen molar-refractivity contribution < 1.29 is 4.79 Å². The number of hydrogen-bond acceptors (Lipinski definition) is 6. The Morgan fingerprint density at radius 1 is 1.12 bits per heavy atom. The molecule has 0 saturated carbocycles. The monoisotopic (exact) mass is 350 g/mol. The molecule has 4 aromatic rings. The molecule has 3 heterocycles. The van der Waals surface area contributed by atoms with E-state index in [9.17, 15) is 4.79 Å². The molecule has 1 aromatic carbocycles. The average molecular weight is 350 g/mol. The average Bonchev–Trinajstić information content (AvgIpc) is 3.28. The molecule has 124 valence electrons. The summed E-state index contributed by atoms with van der Waals surface area (Å²) in [6.07, 6.45) is 5.04. The smallest absolute Gasteiger partial charge is 0.240 e. The Bertz CT molecular complexity index is 1010. The fourth-order valence-electron chi connectivity index (χ4n) is 2.44. The van der Waals surface area contributed by atoms with Crippen molar-refractivity contribution in [2.75, 3.05) is 0 Å². The van der Waals surface area contributed by atoms with Crippen molar-refractivity contribution in [2.24, 2.45) is 0 Å². The molecule has 4 rings (SSSR count). The third-order valence-electron chi connectivity index (χ3n) is 3.62. The minimum atomic E-state index is -0.0892. The lowest BCUT2D eigenvalue weighted by Gasteiger charge is -2.05. The number of aromatic nitrogens is 5. The van der Waals surface area contributed by atoms with Gasteiger partial charge in [0.05, 0.1) is 29.6 Å². The van der Waals surface area contributed by atoms with Crippen LogP contribution < -0.4 is 5.32 Å². The van der Waals surface area contributed by atoms with Gasteiger partial charge in [0, 0.05) is 17.8 Å². The van der Waals surface area contributed by atoms with E-state index in [-0.39, 0.29) is 12.5 Å². The number of carbonyl (C=O) groups excluding carboxylic acids is 1. The van der Waals surface area contributed by atoms with Crippen LogP contribution in [-0.2, 0) is 17.9 Å². The predicted molar refractivity (Wildman–Crippen MR) is 94.7 cm³/mol. The lowest BCUT2D eigenvalue weighted by atomic mass is 10.3. The number of thiazole rings is 1. The fourth-order valence-corrected chi connectivity index (χ4v) is 3.20. The highest BCUT2D eigenvalue weighted by atomic mass is 32.1. The molecular weight excluding hydrogens is 336 g/mol. The summed E-state index contributed by atoms with van der Waals surface area (Å²) in [4.78, 5) is 29.3. The normalized spacial score (nSPS) is 10.9. The molecular formula is C17H14N6OS. The van der Waals surface area contributed by atoms with Gasteiger partial charge in [-0.25, -0.2) is 19.9 Å². The third kappa shape index (κ3) is 3.38. The van der Waals surface area contributed by atoms with Gasteiger partial charge in [-0.3, -0.25) is 4.79 Å². The van der Waals surface area contributed by atoms with E-state index in [1.165, 1.54) is 11.3 Å². The molecule has 0 aliphatic carbocycles. The lowest BCUT2D eigenvalue weighted by molar-refractivity contribution is -0.121. The Morgan fingerprint density at radius 2 is 1.96 bits per heavy atom. The second-order valence-electron chi connectivity index (χ2n) is 5.35. The highest BCUT2D eigenvalue weighted by molar-refractivity contribution is 7.13. The van der Waals surface area contributed by atoms with Gasteiger partial charge in [0.15, 0.2) is 10.8 Å². The first-order chi connectivity index (χ1) is 12.3. The largest absolute Gasteiger partial charge is 0.349 e. The van der Waals surface area contributed by atoms with E-state index in [0.717, 1.165) is 21.7 Å². The van der Waals surface area contributed by atoms with Crippen LogP contribution in [0.1, 0.15) is 5.69 Å². The van der Waals surface area contributed by atoms with Crippen LogP contribution in [0.25, 0.3) is 21.9 Å². The lowest BCUT2D eigenvalue weighted by Crippen LogP contribution is -2.27. The maximum atomic E-state index is 12.2. The SMILES string of the molecule is O=C(Cn1cnc2ccccc21)NCc1csc(-c2ncccn2)n1. The van der Waals surface area contributed by atoms with Crippen LogP contribution >= 0.6 is 11.3 Å². The molecule has 0 bridgehead atoms. The zero-order valence-electron chi connectivity index (χ0n) is 13.2. The topological polar surface area (TPSA) is 85.6 Å². The van der Waals surface area contributed by atoms with Gasteiger partial charge in [-0.15, -0.1) is 11.3 Å². The van der Waals surface area contributed by atoms with Crippen LogP contribution in [0.15, 0.2) is 54.4 Å². The summed E-state index contributed by atoms with van der Waals surface area (Å²) < 4.78 is 1.83. The van der Waals surface area contributed by atoms with E-state index >= 15 is 0 Å². The van der Waals surface area contributed by atoms with Crippen molar-refractivity contribution >= 4 is 28.3 Å². The molecule has 0 spiro atoms. The summed E-state index contributed by atoms with van der Waals surface area (Å²) in [7, 11) is 0. The first-order valence-corrected chi connectivity index (χ1v) is 8.56. The molecule has 7 nitrogen and oxygen atoms in total. The molecule has 25 heavy (non-hydrogen) atoms. The number of hydrogen-bond donors (Lipinski definition) is 1. The van der Waals surface area contributed by atoms with Crippen molar-refractivity contribution in [1.82, 2.24) is 29.8 Å². The van der Waals surface area contributed by atoms with Gasteiger partial charge in [-0.05, 0) is 18.2 Å². The summed E-state index contributed by atoms with van der Waals surface area (Å²) in [5.74, 6) is 0.503. The minimum Gasteiger partial charge on any atom is -0.349 e.